The Morgan fingerprint density at radius 1 is 1.20 bits per heavy atom. The van der Waals surface area contributed by atoms with E-state index in [0.29, 0.717) is 38.4 Å². The zero-order valence-electron chi connectivity index (χ0n) is 17.4. The van der Waals surface area contributed by atoms with Gasteiger partial charge in [-0.15, -0.1) is 11.3 Å². The van der Waals surface area contributed by atoms with Gasteiger partial charge in [0.1, 0.15) is 0 Å². The van der Waals surface area contributed by atoms with Crippen LogP contribution in [0.3, 0.4) is 0 Å². The third kappa shape index (κ3) is 5.28. The Bertz CT molecular complexity index is 921. The van der Waals surface area contributed by atoms with E-state index in [2.05, 4.69) is 16.3 Å². The third-order valence-corrected chi connectivity index (χ3v) is 8.27. The van der Waals surface area contributed by atoms with E-state index < -0.39 is 10.0 Å². The predicted molar refractivity (Wildman–Crippen MR) is 118 cm³/mol. The number of nitrogens with one attached hydrogen (secondary N) is 1. The number of carbonyl (C=O) groups excluding carboxylic acids is 1. The van der Waals surface area contributed by atoms with E-state index in [4.69, 9.17) is 4.74 Å². The highest BCUT2D eigenvalue weighted by Gasteiger charge is 2.25. The number of carbonyl (C=O) groups is 1. The SMILES string of the molecule is CCN(CC)S(=O)(=O)c1cccc(C(=O)NCC(c2cccs2)N2CCOCC2)c1. The lowest BCUT2D eigenvalue weighted by Crippen LogP contribution is -2.43. The summed E-state index contributed by atoms with van der Waals surface area (Å²) in [6.07, 6.45) is 0. The number of hydrogen-bond acceptors (Lipinski definition) is 6. The van der Waals surface area contributed by atoms with Crippen molar-refractivity contribution in [2.24, 2.45) is 0 Å². The molecule has 3 rings (SSSR count). The summed E-state index contributed by atoms with van der Waals surface area (Å²) in [4.78, 5) is 16.5. The highest BCUT2D eigenvalue weighted by atomic mass is 32.2. The van der Waals surface area contributed by atoms with Crippen LogP contribution < -0.4 is 5.32 Å². The number of sulfonamides is 1. The van der Waals surface area contributed by atoms with Gasteiger partial charge in [-0.2, -0.15) is 4.31 Å². The van der Waals surface area contributed by atoms with Crippen LogP contribution in [0, 0.1) is 0 Å². The normalized spacial score (nSPS) is 16.5. The van der Waals surface area contributed by atoms with Crippen LogP contribution >= 0.6 is 11.3 Å². The average molecular weight is 452 g/mol. The molecule has 0 saturated carbocycles. The molecule has 1 fully saturated rings. The predicted octanol–water partition coefficient (Wildman–Crippen LogP) is 2.58. The Balaban J connectivity index is 1.73. The van der Waals surface area contributed by atoms with Crippen molar-refractivity contribution in [1.29, 1.82) is 0 Å². The van der Waals surface area contributed by atoms with Crippen LogP contribution in [0.2, 0.25) is 0 Å². The van der Waals surface area contributed by atoms with Gasteiger partial charge in [0.25, 0.3) is 5.91 Å². The molecular weight excluding hydrogens is 422 g/mol. The second-order valence-corrected chi connectivity index (χ2v) is 9.92. The van der Waals surface area contributed by atoms with E-state index in [-0.39, 0.29) is 16.8 Å². The number of thiophene rings is 1. The van der Waals surface area contributed by atoms with E-state index >= 15 is 0 Å². The molecule has 0 radical (unpaired) electrons. The molecule has 164 valence electrons. The standard InChI is InChI=1S/C21H29N3O4S2/c1-3-24(4-2)30(26,27)18-8-5-7-17(15-18)21(25)22-16-19(20-9-6-14-29-20)23-10-12-28-13-11-23/h5-9,14-15,19H,3-4,10-13,16H2,1-2H3,(H,22,25). The summed E-state index contributed by atoms with van der Waals surface area (Å²) in [5.41, 5.74) is 0.343. The first kappa shape index (κ1) is 22.9. The number of ether oxygens (including phenoxy) is 1. The van der Waals surface area contributed by atoms with Crippen LogP contribution in [0.1, 0.15) is 35.1 Å². The lowest BCUT2D eigenvalue weighted by Gasteiger charge is -2.34. The highest BCUT2D eigenvalue weighted by molar-refractivity contribution is 7.89. The molecule has 1 aromatic heterocycles. The van der Waals surface area contributed by atoms with Gasteiger partial charge in [-0.1, -0.05) is 26.0 Å². The highest BCUT2D eigenvalue weighted by Crippen LogP contribution is 2.25. The molecule has 0 aliphatic carbocycles. The Kier molecular flexibility index (Phi) is 8.01. The maximum atomic E-state index is 12.8. The molecule has 1 aliphatic heterocycles. The lowest BCUT2D eigenvalue weighted by atomic mass is 10.1. The maximum absolute atomic E-state index is 12.8. The molecule has 2 aromatic rings. The van der Waals surface area contributed by atoms with E-state index in [0.717, 1.165) is 13.1 Å². The van der Waals surface area contributed by atoms with Gasteiger partial charge in [0.2, 0.25) is 10.0 Å². The molecule has 1 saturated heterocycles. The zero-order valence-corrected chi connectivity index (χ0v) is 19.0. The van der Waals surface area contributed by atoms with Crippen molar-refractivity contribution < 1.29 is 17.9 Å². The minimum Gasteiger partial charge on any atom is -0.379 e. The van der Waals surface area contributed by atoms with Crippen molar-refractivity contribution in [2.45, 2.75) is 24.8 Å². The van der Waals surface area contributed by atoms with Crippen LogP contribution in [0.4, 0.5) is 0 Å². The molecule has 1 atom stereocenters. The molecular formula is C21H29N3O4S2. The summed E-state index contributed by atoms with van der Waals surface area (Å²) in [6.45, 7) is 7.82. The zero-order chi connectivity index (χ0) is 21.6. The molecule has 1 unspecified atom stereocenters. The quantitative estimate of drug-likeness (QED) is 0.634. The van der Waals surface area contributed by atoms with E-state index in [1.165, 1.54) is 21.3 Å². The summed E-state index contributed by atoms with van der Waals surface area (Å²) in [7, 11) is -3.61. The molecule has 2 heterocycles. The van der Waals surface area contributed by atoms with Gasteiger partial charge in [-0.3, -0.25) is 9.69 Å². The topological polar surface area (TPSA) is 79.0 Å². The van der Waals surface area contributed by atoms with Crippen molar-refractivity contribution in [3.8, 4) is 0 Å². The molecule has 9 heteroatoms. The lowest BCUT2D eigenvalue weighted by molar-refractivity contribution is 0.0169. The van der Waals surface area contributed by atoms with E-state index in [1.54, 1.807) is 37.3 Å². The maximum Gasteiger partial charge on any atom is 0.251 e. The van der Waals surface area contributed by atoms with Gasteiger partial charge < -0.3 is 10.1 Å². The molecule has 0 bridgehead atoms. The molecule has 1 aromatic carbocycles. The van der Waals surface area contributed by atoms with E-state index in [9.17, 15) is 13.2 Å². The number of benzene rings is 1. The molecule has 1 amide bonds. The fourth-order valence-electron chi connectivity index (χ4n) is 3.58. The molecule has 30 heavy (non-hydrogen) atoms. The summed E-state index contributed by atoms with van der Waals surface area (Å²) in [5, 5.41) is 5.03. The Hall–Kier alpha value is -1.78. The van der Waals surface area contributed by atoms with Gasteiger partial charge in [0, 0.05) is 43.2 Å². The van der Waals surface area contributed by atoms with Gasteiger partial charge in [0.15, 0.2) is 0 Å². The largest absolute Gasteiger partial charge is 0.379 e. The Morgan fingerprint density at radius 3 is 2.57 bits per heavy atom. The fourth-order valence-corrected chi connectivity index (χ4v) is 5.95. The van der Waals surface area contributed by atoms with Crippen LogP contribution in [0.15, 0.2) is 46.7 Å². The van der Waals surface area contributed by atoms with Crippen molar-refractivity contribution in [3.05, 3.63) is 52.2 Å². The van der Waals surface area contributed by atoms with Crippen LogP contribution in [-0.2, 0) is 14.8 Å². The molecule has 0 spiro atoms. The van der Waals surface area contributed by atoms with Crippen molar-refractivity contribution >= 4 is 27.3 Å². The molecule has 7 nitrogen and oxygen atoms in total. The summed E-state index contributed by atoms with van der Waals surface area (Å²) < 4.78 is 32.4. The summed E-state index contributed by atoms with van der Waals surface area (Å²) in [5.74, 6) is -0.276. The number of amides is 1. The van der Waals surface area contributed by atoms with Gasteiger partial charge in [-0.25, -0.2) is 8.42 Å². The fraction of sp³-hybridized carbons (Fsp3) is 0.476. The second kappa shape index (κ2) is 10.5. The number of rotatable bonds is 9. The monoisotopic (exact) mass is 451 g/mol. The van der Waals surface area contributed by atoms with E-state index in [1.807, 2.05) is 11.4 Å². The summed E-state index contributed by atoms with van der Waals surface area (Å²) >= 11 is 1.67. The minimum atomic E-state index is -3.61. The molecule has 1 N–H and O–H groups in total. The minimum absolute atomic E-state index is 0.0699. The molecule has 1 aliphatic rings. The first-order valence-electron chi connectivity index (χ1n) is 10.2. The third-order valence-electron chi connectivity index (χ3n) is 5.25. The Labute approximate surface area is 182 Å². The van der Waals surface area contributed by atoms with Crippen LogP contribution in [0.5, 0.6) is 0 Å². The van der Waals surface area contributed by atoms with Crippen LogP contribution in [0.25, 0.3) is 0 Å². The number of morpholine rings is 1. The van der Waals surface area contributed by atoms with Crippen molar-refractivity contribution in [2.75, 3.05) is 45.9 Å². The van der Waals surface area contributed by atoms with Gasteiger partial charge in [-0.05, 0) is 29.6 Å². The average Bonchev–Trinajstić information content (AvgIpc) is 3.30. The first-order chi connectivity index (χ1) is 14.5. The number of hydrogen-bond donors (Lipinski definition) is 1. The van der Waals surface area contributed by atoms with Crippen LogP contribution in [-0.4, -0.2) is 69.5 Å². The van der Waals surface area contributed by atoms with Gasteiger partial charge in [0.05, 0.1) is 24.2 Å². The summed E-state index contributed by atoms with van der Waals surface area (Å²) in [6, 6.07) is 10.4. The smallest absolute Gasteiger partial charge is 0.251 e. The van der Waals surface area contributed by atoms with Crippen molar-refractivity contribution in [1.82, 2.24) is 14.5 Å². The first-order valence-corrected chi connectivity index (χ1v) is 12.5. The van der Waals surface area contributed by atoms with Gasteiger partial charge >= 0.3 is 0 Å². The Morgan fingerprint density at radius 2 is 1.93 bits per heavy atom. The number of nitrogens with zero attached hydrogens (tertiary/aromatic N) is 2. The second-order valence-electron chi connectivity index (χ2n) is 7.01. The van der Waals surface area contributed by atoms with Crippen molar-refractivity contribution in [3.63, 3.8) is 0 Å².